The third-order valence-electron chi connectivity index (χ3n) is 9.03. The molecule has 0 fully saturated rings. The zero-order valence-corrected chi connectivity index (χ0v) is 26.6. The Hall–Kier alpha value is -6.66. The molecule has 0 amide bonds. The van der Waals surface area contributed by atoms with Crippen molar-refractivity contribution >= 4 is 33.5 Å². The molecule has 1 aliphatic rings. The lowest BCUT2D eigenvalue weighted by molar-refractivity contribution is 0.482. The van der Waals surface area contributed by atoms with Crippen LogP contribution in [0, 0.1) is 0 Å². The van der Waals surface area contributed by atoms with E-state index in [1.807, 2.05) is 30.3 Å². The van der Waals surface area contributed by atoms with E-state index in [1.165, 1.54) is 44.4 Å². The van der Waals surface area contributed by atoms with Crippen LogP contribution in [0.2, 0.25) is 0 Å². The van der Waals surface area contributed by atoms with E-state index in [-0.39, 0.29) is 0 Å². The smallest absolute Gasteiger partial charge is 0.129 e. The molecule has 8 aromatic rings. The maximum Gasteiger partial charge on any atom is 0.129 e. The van der Waals surface area contributed by atoms with Gasteiger partial charge in [0, 0.05) is 34.3 Å². The summed E-state index contributed by atoms with van der Waals surface area (Å²) < 4.78 is 6.43. The van der Waals surface area contributed by atoms with Crippen LogP contribution < -0.4 is 14.5 Å². The van der Waals surface area contributed by atoms with Crippen molar-refractivity contribution in [3.63, 3.8) is 0 Å². The molecule has 0 radical (unpaired) electrons. The van der Waals surface area contributed by atoms with Gasteiger partial charge in [0.2, 0.25) is 0 Å². The molecule has 0 bridgehead atoms. The summed E-state index contributed by atoms with van der Waals surface area (Å²) in [5, 5.41) is 10.9. The average molecular weight is 634 g/mol. The van der Waals surface area contributed by atoms with Crippen LogP contribution in [0.3, 0.4) is 0 Å². The van der Waals surface area contributed by atoms with Crippen molar-refractivity contribution < 1.29 is 4.74 Å². The third kappa shape index (κ3) is 5.26. The predicted octanol–water partition coefficient (Wildman–Crippen LogP) is 10.8. The maximum absolute atomic E-state index is 6.43. The number of rotatable bonds is 7. The molecule has 9 rings (SSSR count). The van der Waals surface area contributed by atoms with Gasteiger partial charge in [-0.2, -0.15) is 15.0 Å². The number of benzene rings is 7. The zero-order valence-electron chi connectivity index (χ0n) is 26.6. The molecule has 0 N–H and O–H groups in total. The van der Waals surface area contributed by atoms with Crippen LogP contribution in [-0.2, 0) is 0 Å². The minimum atomic E-state index is 0.622. The molecule has 1 aliphatic heterocycles. The van der Waals surface area contributed by atoms with Crippen LogP contribution in [0.25, 0.3) is 38.7 Å². The summed E-state index contributed by atoms with van der Waals surface area (Å²) in [6, 6.07) is 57.3. The first kappa shape index (κ1) is 28.6. The maximum atomic E-state index is 6.43. The summed E-state index contributed by atoms with van der Waals surface area (Å²) in [6.45, 7) is 0.622. The molecule has 0 unspecified atom stereocenters. The summed E-state index contributed by atoms with van der Waals surface area (Å²) >= 11 is 0. The summed E-state index contributed by atoms with van der Waals surface area (Å²) in [6.07, 6.45) is 3.33. The molecule has 0 spiro atoms. The van der Waals surface area contributed by atoms with Crippen LogP contribution >= 0.6 is 0 Å². The second-order valence-corrected chi connectivity index (χ2v) is 12.0. The Morgan fingerprint density at radius 1 is 0.469 bits per heavy atom. The second-order valence-electron chi connectivity index (χ2n) is 12.0. The lowest BCUT2D eigenvalue weighted by Gasteiger charge is -2.27. The highest BCUT2D eigenvalue weighted by molar-refractivity contribution is 6.09. The van der Waals surface area contributed by atoms with E-state index >= 15 is 0 Å². The van der Waals surface area contributed by atoms with Gasteiger partial charge in [0.15, 0.2) is 0 Å². The largest absolute Gasteiger partial charge is 0.457 e. The van der Waals surface area contributed by atoms with Gasteiger partial charge >= 0.3 is 0 Å². The molecule has 6 heteroatoms. The van der Waals surface area contributed by atoms with Crippen LogP contribution in [-0.4, -0.2) is 21.7 Å². The standard InChI is InChI=1S/C43H31N5O/c1-3-12-31(13-4-1)38-22-11-23-39(32-14-5-2-6-15-32)42(38)47-30-46(41-25-24-33-16-7-8-21-40(33)43(41)47)34-17-9-19-36(28-34)49-37-20-10-18-35(29-37)48-44-26-27-45-48/h1-29H,30H2. The van der Waals surface area contributed by atoms with Gasteiger partial charge in [-0.25, -0.2) is 0 Å². The Labute approximate surface area is 284 Å². The van der Waals surface area contributed by atoms with Gasteiger partial charge in [0.05, 0.1) is 35.1 Å². The van der Waals surface area contributed by atoms with E-state index in [9.17, 15) is 0 Å². The van der Waals surface area contributed by atoms with E-state index in [4.69, 9.17) is 4.74 Å². The van der Waals surface area contributed by atoms with Crippen molar-refractivity contribution in [2.24, 2.45) is 0 Å². The topological polar surface area (TPSA) is 46.4 Å². The van der Waals surface area contributed by atoms with Gasteiger partial charge < -0.3 is 14.5 Å². The van der Waals surface area contributed by atoms with Crippen LogP contribution in [0.5, 0.6) is 11.5 Å². The van der Waals surface area contributed by atoms with Crippen molar-refractivity contribution in [2.75, 3.05) is 16.5 Å². The van der Waals surface area contributed by atoms with E-state index in [1.54, 1.807) is 17.2 Å². The highest BCUT2D eigenvalue weighted by Crippen LogP contribution is 2.52. The molecule has 1 aromatic heterocycles. The van der Waals surface area contributed by atoms with E-state index in [0.29, 0.717) is 12.4 Å². The molecule has 0 atom stereocenters. The Morgan fingerprint density at radius 3 is 1.76 bits per heavy atom. The fraction of sp³-hybridized carbons (Fsp3) is 0.0233. The van der Waals surface area contributed by atoms with Gasteiger partial charge in [0.1, 0.15) is 18.2 Å². The lowest BCUT2D eigenvalue weighted by atomic mass is 9.94. The Kier molecular flexibility index (Phi) is 7.09. The average Bonchev–Trinajstić information content (AvgIpc) is 3.85. The van der Waals surface area contributed by atoms with Crippen molar-refractivity contribution in [1.82, 2.24) is 15.0 Å². The van der Waals surface area contributed by atoms with Crippen molar-refractivity contribution in [3.8, 4) is 39.4 Å². The number of para-hydroxylation sites is 1. The number of aromatic nitrogens is 3. The van der Waals surface area contributed by atoms with Gasteiger partial charge in [-0.3, -0.25) is 0 Å². The quantitative estimate of drug-likeness (QED) is 0.175. The number of hydrogen-bond donors (Lipinski definition) is 0. The first-order chi connectivity index (χ1) is 24.3. The first-order valence-corrected chi connectivity index (χ1v) is 16.4. The van der Waals surface area contributed by atoms with Crippen molar-refractivity contribution in [1.29, 1.82) is 0 Å². The second kappa shape index (κ2) is 12.2. The highest BCUT2D eigenvalue weighted by atomic mass is 16.5. The molecule has 7 aromatic carbocycles. The van der Waals surface area contributed by atoms with E-state index in [2.05, 4.69) is 153 Å². The fourth-order valence-electron chi connectivity index (χ4n) is 6.84. The number of ether oxygens (including phenoxy) is 1. The van der Waals surface area contributed by atoms with Crippen LogP contribution in [0.4, 0.5) is 22.7 Å². The van der Waals surface area contributed by atoms with Gasteiger partial charge in [-0.05, 0) is 46.8 Å². The molecule has 0 saturated heterocycles. The molecule has 49 heavy (non-hydrogen) atoms. The SMILES string of the molecule is c1ccc(-c2cccc(-c3ccccc3)c2N2CN(c3cccc(Oc4cccc(-n5nccn5)c4)c3)c3ccc4ccccc4c32)cc1. The molecule has 0 aliphatic carbocycles. The molecular weight excluding hydrogens is 603 g/mol. The van der Waals surface area contributed by atoms with Crippen molar-refractivity contribution in [2.45, 2.75) is 0 Å². The van der Waals surface area contributed by atoms with Crippen LogP contribution in [0.1, 0.15) is 0 Å². The molecular formula is C43H31N5O. The number of anilines is 4. The Morgan fingerprint density at radius 2 is 1.06 bits per heavy atom. The predicted molar refractivity (Wildman–Crippen MR) is 198 cm³/mol. The summed E-state index contributed by atoms with van der Waals surface area (Å²) in [7, 11) is 0. The van der Waals surface area contributed by atoms with E-state index < -0.39 is 0 Å². The number of fused-ring (bicyclic) bond motifs is 3. The van der Waals surface area contributed by atoms with Gasteiger partial charge in [-0.1, -0.05) is 121 Å². The number of nitrogens with zero attached hydrogens (tertiary/aromatic N) is 5. The normalized spacial score (nSPS) is 12.3. The minimum absolute atomic E-state index is 0.622. The molecule has 0 saturated carbocycles. The third-order valence-corrected chi connectivity index (χ3v) is 9.03. The monoisotopic (exact) mass is 633 g/mol. The minimum Gasteiger partial charge on any atom is -0.457 e. The zero-order chi connectivity index (χ0) is 32.6. The molecule has 2 heterocycles. The first-order valence-electron chi connectivity index (χ1n) is 16.4. The lowest BCUT2D eigenvalue weighted by Crippen LogP contribution is -2.25. The number of hydrogen-bond acceptors (Lipinski definition) is 5. The summed E-state index contributed by atoms with van der Waals surface area (Å²) in [4.78, 5) is 6.46. The van der Waals surface area contributed by atoms with Crippen LogP contribution in [0.15, 0.2) is 176 Å². The van der Waals surface area contributed by atoms with E-state index in [0.717, 1.165) is 22.8 Å². The fourth-order valence-corrected chi connectivity index (χ4v) is 6.84. The summed E-state index contributed by atoms with van der Waals surface area (Å²) in [5.74, 6) is 1.46. The summed E-state index contributed by atoms with van der Waals surface area (Å²) in [5.41, 5.74) is 10.1. The Bertz CT molecular complexity index is 2350. The van der Waals surface area contributed by atoms with Gasteiger partial charge in [-0.15, -0.1) is 0 Å². The Balaban J connectivity index is 1.18. The van der Waals surface area contributed by atoms with Gasteiger partial charge in [0.25, 0.3) is 0 Å². The molecule has 234 valence electrons. The molecule has 6 nitrogen and oxygen atoms in total. The van der Waals surface area contributed by atoms with Crippen molar-refractivity contribution in [3.05, 3.63) is 176 Å². The highest BCUT2D eigenvalue weighted by Gasteiger charge is 2.33.